The van der Waals surface area contributed by atoms with Crippen molar-refractivity contribution in [1.82, 2.24) is 15.6 Å². The summed E-state index contributed by atoms with van der Waals surface area (Å²) in [6.07, 6.45) is 0. The van der Waals surface area contributed by atoms with Crippen molar-refractivity contribution in [1.29, 1.82) is 0 Å². The van der Waals surface area contributed by atoms with Crippen LogP contribution < -0.4 is 5.32 Å². The largest absolute Gasteiger partial charge is 0.359 e. The van der Waals surface area contributed by atoms with Crippen LogP contribution in [0.1, 0.15) is 27.4 Å². The Balaban J connectivity index is 1.41. The van der Waals surface area contributed by atoms with E-state index in [0.29, 0.717) is 22.2 Å². The van der Waals surface area contributed by atoms with E-state index in [-0.39, 0.29) is 18.1 Å². The van der Waals surface area contributed by atoms with Crippen molar-refractivity contribution >= 4 is 17.5 Å². The number of hydrogen-bond acceptors (Lipinski definition) is 5. The number of aryl methyl sites for hydroxylation is 2. The Labute approximate surface area is 172 Å². The quantitative estimate of drug-likeness (QED) is 0.492. The summed E-state index contributed by atoms with van der Waals surface area (Å²) in [6, 6.07) is 16.6. The lowest BCUT2D eigenvalue weighted by Gasteiger charge is -2.01. The van der Waals surface area contributed by atoms with Gasteiger partial charge >= 0.3 is 0 Å². The number of halogens is 1. The van der Waals surface area contributed by atoms with Gasteiger partial charge in [0.25, 0.3) is 5.91 Å². The van der Waals surface area contributed by atoms with Crippen LogP contribution in [0.3, 0.4) is 0 Å². The second-order valence-corrected chi connectivity index (χ2v) is 7.18. The maximum atomic E-state index is 12.4. The van der Waals surface area contributed by atoms with Gasteiger partial charge < -0.3 is 14.4 Å². The molecule has 29 heavy (non-hydrogen) atoms. The van der Waals surface area contributed by atoms with Gasteiger partial charge in [0.15, 0.2) is 17.2 Å². The predicted octanol–water partition coefficient (Wildman–Crippen LogP) is 5.20. The summed E-state index contributed by atoms with van der Waals surface area (Å²) >= 11 is 5.90. The highest BCUT2D eigenvalue weighted by Crippen LogP contribution is 2.23. The van der Waals surface area contributed by atoms with E-state index in [1.807, 2.05) is 44.2 Å². The number of benzene rings is 2. The van der Waals surface area contributed by atoms with E-state index in [0.717, 1.165) is 16.7 Å². The lowest BCUT2D eigenvalue weighted by atomic mass is 10.0. The topological polar surface area (TPSA) is 81.2 Å². The molecular formula is C22H18ClN3O3. The molecule has 2 aromatic carbocycles. The number of nitrogens with one attached hydrogen (secondary N) is 1. The molecular weight excluding hydrogens is 390 g/mol. The number of rotatable bonds is 5. The van der Waals surface area contributed by atoms with Crippen LogP contribution in [0.2, 0.25) is 5.02 Å². The van der Waals surface area contributed by atoms with Crippen LogP contribution in [0.5, 0.6) is 0 Å². The van der Waals surface area contributed by atoms with Gasteiger partial charge in [-0.1, -0.05) is 46.2 Å². The molecule has 1 amide bonds. The zero-order valence-electron chi connectivity index (χ0n) is 15.9. The highest BCUT2D eigenvalue weighted by atomic mass is 35.5. The minimum atomic E-state index is -0.353. The van der Waals surface area contributed by atoms with Crippen LogP contribution in [0, 0.1) is 13.8 Å². The van der Waals surface area contributed by atoms with Crippen molar-refractivity contribution in [2.75, 3.05) is 0 Å². The van der Waals surface area contributed by atoms with Gasteiger partial charge in [0.05, 0.1) is 6.54 Å². The molecule has 146 valence electrons. The van der Waals surface area contributed by atoms with Crippen LogP contribution in [-0.2, 0) is 6.54 Å². The third-order valence-electron chi connectivity index (χ3n) is 4.66. The standard InChI is InChI=1S/C22H18ClN3O3/c1-13-3-4-16(9-14(13)2)21-11-20(26-29-21)22(27)24-12-18-10-19(25-28-18)15-5-7-17(23)8-6-15/h3-11H,12H2,1-2H3,(H,24,27). The molecule has 2 heterocycles. The van der Waals surface area contributed by atoms with E-state index in [2.05, 4.69) is 15.6 Å². The molecule has 2 aromatic heterocycles. The van der Waals surface area contributed by atoms with Crippen LogP contribution in [0.15, 0.2) is 63.6 Å². The molecule has 0 radical (unpaired) electrons. The molecule has 4 aromatic rings. The highest BCUT2D eigenvalue weighted by molar-refractivity contribution is 6.30. The number of amides is 1. The van der Waals surface area contributed by atoms with Crippen LogP contribution in [-0.4, -0.2) is 16.2 Å². The summed E-state index contributed by atoms with van der Waals surface area (Å²) in [5, 5.41) is 11.3. The summed E-state index contributed by atoms with van der Waals surface area (Å²) < 4.78 is 10.6. The Morgan fingerprint density at radius 1 is 0.931 bits per heavy atom. The minimum absolute atomic E-state index is 0.186. The lowest BCUT2D eigenvalue weighted by molar-refractivity contribution is 0.0938. The SMILES string of the molecule is Cc1ccc(-c2cc(C(=O)NCc3cc(-c4ccc(Cl)cc4)no3)no2)cc1C. The summed E-state index contributed by atoms with van der Waals surface area (Å²) in [5.74, 6) is 0.720. The average Bonchev–Trinajstić information content (AvgIpc) is 3.39. The van der Waals surface area contributed by atoms with Crippen molar-refractivity contribution in [3.8, 4) is 22.6 Å². The summed E-state index contributed by atoms with van der Waals surface area (Å²) in [5.41, 5.74) is 4.97. The highest BCUT2D eigenvalue weighted by Gasteiger charge is 2.15. The van der Waals surface area contributed by atoms with Crippen molar-refractivity contribution in [3.05, 3.63) is 82.2 Å². The first-order valence-electron chi connectivity index (χ1n) is 9.03. The molecule has 0 unspecified atom stereocenters. The van der Waals surface area contributed by atoms with E-state index in [4.69, 9.17) is 20.6 Å². The second kappa shape index (κ2) is 7.93. The number of nitrogens with zero attached hydrogens (tertiary/aromatic N) is 2. The molecule has 0 atom stereocenters. The van der Waals surface area contributed by atoms with Gasteiger partial charge in [0.1, 0.15) is 5.69 Å². The molecule has 7 heteroatoms. The van der Waals surface area contributed by atoms with E-state index < -0.39 is 0 Å². The zero-order valence-corrected chi connectivity index (χ0v) is 16.7. The first-order chi connectivity index (χ1) is 14.0. The lowest BCUT2D eigenvalue weighted by Crippen LogP contribution is -2.22. The van der Waals surface area contributed by atoms with Crippen molar-refractivity contribution in [2.24, 2.45) is 0 Å². The first kappa shape index (κ1) is 19.0. The summed E-state index contributed by atoms with van der Waals surface area (Å²) in [6.45, 7) is 4.25. The van der Waals surface area contributed by atoms with E-state index in [9.17, 15) is 4.79 Å². The Morgan fingerprint density at radius 3 is 2.45 bits per heavy atom. The fourth-order valence-electron chi connectivity index (χ4n) is 2.82. The van der Waals surface area contributed by atoms with Crippen LogP contribution in [0.4, 0.5) is 0 Å². The summed E-state index contributed by atoms with van der Waals surface area (Å²) in [7, 11) is 0. The van der Waals surface area contributed by atoms with Gasteiger partial charge in [-0.05, 0) is 43.2 Å². The Kier molecular flexibility index (Phi) is 5.18. The van der Waals surface area contributed by atoms with Crippen LogP contribution in [0.25, 0.3) is 22.6 Å². The maximum absolute atomic E-state index is 12.4. The third-order valence-corrected chi connectivity index (χ3v) is 4.91. The summed E-state index contributed by atoms with van der Waals surface area (Å²) in [4.78, 5) is 12.4. The molecule has 0 saturated carbocycles. The number of carbonyl (C=O) groups is 1. The van der Waals surface area contributed by atoms with Crippen molar-refractivity contribution in [3.63, 3.8) is 0 Å². The molecule has 0 fully saturated rings. The molecule has 6 nitrogen and oxygen atoms in total. The van der Waals surface area contributed by atoms with Gasteiger partial charge in [-0.2, -0.15) is 0 Å². The Morgan fingerprint density at radius 2 is 1.69 bits per heavy atom. The molecule has 0 bridgehead atoms. The first-order valence-corrected chi connectivity index (χ1v) is 9.41. The monoisotopic (exact) mass is 407 g/mol. The third kappa shape index (κ3) is 4.22. The van der Waals surface area contributed by atoms with E-state index in [1.54, 1.807) is 24.3 Å². The van der Waals surface area contributed by atoms with Gasteiger partial charge in [-0.15, -0.1) is 0 Å². The molecule has 0 aliphatic rings. The number of hydrogen-bond donors (Lipinski definition) is 1. The normalized spacial score (nSPS) is 10.9. The van der Waals surface area contributed by atoms with E-state index in [1.165, 1.54) is 5.56 Å². The van der Waals surface area contributed by atoms with Gasteiger partial charge in [-0.25, -0.2) is 0 Å². The van der Waals surface area contributed by atoms with Gasteiger partial charge in [0.2, 0.25) is 0 Å². The number of aromatic nitrogens is 2. The molecule has 0 aliphatic carbocycles. The molecule has 0 saturated heterocycles. The fourth-order valence-corrected chi connectivity index (χ4v) is 2.95. The van der Waals surface area contributed by atoms with Gasteiger partial charge in [-0.3, -0.25) is 4.79 Å². The van der Waals surface area contributed by atoms with Crippen molar-refractivity contribution < 1.29 is 13.8 Å². The molecule has 1 N–H and O–H groups in total. The molecule has 4 rings (SSSR count). The molecule has 0 spiro atoms. The Bertz CT molecular complexity index is 1160. The second-order valence-electron chi connectivity index (χ2n) is 6.74. The minimum Gasteiger partial charge on any atom is -0.359 e. The maximum Gasteiger partial charge on any atom is 0.273 e. The average molecular weight is 408 g/mol. The smallest absolute Gasteiger partial charge is 0.273 e. The van der Waals surface area contributed by atoms with E-state index >= 15 is 0 Å². The predicted molar refractivity (Wildman–Crippen MR) is 110 cm³/mol. The number of carbonyl (C=O) groups excluding carboxylic acids is 1. The zero-order chi connectivity index (χ0) is 20.4. The Hall–Kier alpha value is -3.38. The fraction of sp³-hybridized carbons (Fsp3) is 0.136. The molecule has 0 aliphatic heterocycles. The van der Waals surface area contributed by atoms with Crippen LogP contribution >= 0.6 is 11.6 Å². The van der Waals surface area contributed by atoms with Gasteiger partial charge in [0, 0.05) is 28.3 Å². The van der Waals surface area contributed by atoms with Crippen molar-refractivity contribution in [2.45, 2.75) is 20.4 Å².